The molecule has 0 spiro atoms. The molecule has 0 radical (unpaired) electrons. The van der Waals surface area contributed by atoms with Gasteiger partial charge in [0.05, 0.1) is 11.3 Å². The average molecular weight is 292 g/mol. The van der Waals surface area contributed by atoms with Crippen LogP contribution in [0.3, 0.4) is 0 Å². The molecule has 0 amide bonds. The number of nitrogens with zero attached hydrogens (tertiary/aromatic N) is 1. The van der Waals surface area contributed by atoms with Gasteiger partial charge in [-0.05, 0) is 25.0 Å². The molecule has 0 saturated carbocycles. The van der Waals surface area contributed by atoms with Crippen LogP contribution in [0, 0.1) is 0 Å². The molecule has 0 fully saturated rings. The number of halogens is 1. The Balaban J connectivity index is 2.20. The molecular formula is C13H10BrNO2. The van der Waals surface area contributed by atoms with Gasteiger partial charge < -0.3 is 4.52 Å². The molecule has 3 rings (SSSR count). The van der Waals surface area contributed by atoms with Crippen molar-refractivity contribution in [3.05, 3.63) is 40.0 Å². The van der Waals surface area contributed by atoms with Crippen LogP contribution < -0.4 is 0 Å². The van der Waals surface area contributed by atoms with Crippen LogP contribution in [0.2, 0.25) is 0 Å². The maximum absolute atomic E-state index is 11.9. The monoisotopic (exact) mass is 291 g/mol. The molecule has 1 aromatic carbocycles. The van der Waals surface area contributed by atoms with Gasteiger partial charge in [-0.3, -0.25) is 4.79 Å². The number of rotatable bonds is 1. The molecule has 4 heteroatoms. The average Bonchev–Trinajstić information content (AvgIpc) is 2.75. The van der Waals surface area contributed by atoms with Crippen LogP contribution >= 0.6 is 15.9 Å². The second-order valence-electron chi connectivity index (χ2n) is 4.09. The van der Waals surface area contributed by atoms with E-state index in [9.17, 15) is 4.79 Å². The van der Waals surface area contributed by atoms with Crippen LogP contribution in [-0.2, 0) is 6.42 Å². The van der Waals surface area contributed by atoms with Gasteiger partial charge in [-0.1, -0.05) is 33.2 Å². The molecule has 17 heavy (non-hydrogen) atoms. The van der Waals surface area contributed by atoms with Gasteiger partial charge in [0.2, 0.25) is 0 Å². The molecule has 0 aliphatic heterocycles. The first-order valence-corrected chi connectivity index (χ1v) is 6.33. The standard InChI is InChI=1S/C13H10BrNO2/c14-9-5-2-1-4-8(9)13-12-10(15-17-13)6-3-7-11(12)16/h1-2,4-5H,3,6-7H2. The Morgan fingerprint density at radius 3 is 2.88 bits per heavy atom. The third kappa shape index (κ3) is 1.72. The molecule has 0 N–H and O–H groups in total. The number of aromatic nitrogens is 1. The number of hydrogen-bond donors (Lipinski definition) is 0. The number of ketones is 1. The molecule has 1 aliphatic rings. The predicted molar refractivity (Wildman–Crippen MR) is 66.9 cm³/mol. The molecule has 1 aliphatic carbocycles. The molecule has 0 atom stereocenters. The lowest BCUT2D eigenvalue weighted by Gasteiger charge is -2.08. The van der Waals surface area contributed by atoms with E-state index in [4.69, 9.17) is 4.52 Å². The lowest BCUT2D eigenvalue weighted by molar-refractivity contribution is 0.0973. The van der Waals surface area contributed by atoms with Crippen molar-refractivity contribution in [3.8, 4) is 11.3 Å². The summed E-state index contributed by atoms with van der Waals surface area (Å²) in [6, 6.07) is 7.70. The third-order valence-corrected chi connectivity index (χ3v) is 3.67. The fourth-order valence-electron chi connectivity index (χ4n) is 2.15. The lowest BCUT2D eigenvalue weighted by Crippen LogP contribution is -2.10. The SMILES string of the molecule is O=C1CCCc2noc(-c3ccccc3Br)c21. The first kappa shape index (κ1) is 10.7. The van der Waals surface area contributed by atoms with E-state index in [2.05, 4.69) is 21.1 Å². The Morgan fingerprint density at radius 1 is 1.24 bits per heavy atom. The van der Waals surface area contributed by atoms with Gasteiger partial charge >= 0.3 is 0 Å². The zero-order chi connectivity index (χ0) is 11.8. The molecule has 0 bridgehead atoms. The largest absolute Gasteiger partial charge is 0.355 e. The fourth-order valence-corrected chi connectivity index (χ4v) is 2.62. The topological polar surface area (TPSA) is 43.1 Å². The molecule has 2 aromatic rings. The summed E-state index contributed by atoms with van der Waals surface area (Å²) in [4.78, 5) is 11.9. The van der Waals surface area contributed by atoms with Crippen molar-refractivity contribution in [1.29, 1.82) is 0 Å². The molecule has 1 heterocycles. The third-order valence-electron chi connectivity index (χ3n) is 2.98. The van der Waals surface area contributed by atoms with Crippen molar-refractivity contribution in [1.82, 2.24) is 5.16 Å². The first-order valence-electron chi connectivity index (χ1n) is 5.54. The molecule has 3 nitrogen and oxygen atoms in total. The quantitative estimate of drug-likeness (QED) is 0.806. The smallest absolute Gasteiger partial charge is 0.179 e. The lowest BCUT2D eigenvalue weighted by atomic mass is 9.93. The fraction of sp³-hybridized carbons (Fsp3) is 0.231. The van der Waals surface area contributed by atoms with Crippen molar-refractivity contribution in [3.63, 3.8) is 0 Å². The highest BCUT2D eigenvalue weighted by atomic mass is 79.9. The number of carbonyl (C=O) groups is 1. The van der Waals surface area contributed by atoms with Gasteiger partial charge in [0.1, 0.15) is 0 Å². The molecule has 1 aromatic heterocycles. The van der Waals surface area contributed by atoms with Gasteiger partial charge in [0, 0.05) is 16.5 Å². The Bertz CT molecular complexity index is 589. The zero-order valence-electron chi connectivity index (χ0n) is 9.07. The van der Waals surface area contributed by atoms with E-state index < -0.39 is 0 Å². The summed E-state index contributed by atoms with van der Waals surface area (Å²) in [5, 5.41) is 4.01. The first-order chi connectivity index (χ1) is 8.27. The van der Waals surface area contributed by atoms with Crippen LogP contribution in [0.4, 0.5) is 0 Å². The minimum absolute atomic E-state index is 0.137. The highest BCUT2D eigenvalue weighted by molar-refractivity contribution is 9.10. The van der Waals surface area contributed by atoms with Crippen LogP contribution in [0.1, 0.15) is 28.9 Å². The predicted octanol–water partition coefficient (Wildman–Crippen LogP) is 3.62. The van der Waals surface area contributed by atoms with Crippen molar-refractivity contribution in [2.24, 2.45) is 0 Å². The van der Waals surface area contributed by atoms with Crippen LogP contribution in [0.5, 0.6) is 0 Å². The normalized spacial score (nSPS) is 14.8. The van der Waals surface area contributed by atoms with E-state index >= 15 is 0 Å². The van der Waals surface area contributed by atoms with Crippen LogP contribution in [0.15, 0.2) is 33.3 Å². The number of fused-ring (bicyclic) bond motifs is 1. The van der Waals surface area contributed by atoms with E-state index in [-0.39, 0.29) is 5.78 Å². The maximum atomic E-state index is 11.9. The summed E-state index contributed by atoms with van der Waals surface area (Å²) in [6.07, 6.45) is 2.29. The molecular weight excluding hydrogens is 282 g/mol. The van der Waals surface area contributed by atoms with Crippen molar-refractivity contribution in [2.45, 2.75) is 19.3 Å². The van der Waals surface area contributed by atoms with Gasteiger partial charge in [-0.2, -0.15) is 0 Å². The van der Waals surface area contributed by atoms with Crippen molar-refractivity contribution >= 4 is 21.7 Å². The number of aryl methyl sites for hydroxylation is 1. The minimum atomic E-state index is 0.137. The molecule has 86 valence electrons. The summed E-state index contributed by atoms with van der Waals surface area (Å²) in [7, 11) is 0. The van der Waals surface area contributed by atoms with Gasteiger partial charge in [-0.25, -0.2) is 0 Å². The van der Waals surface area contributed by atoms with Gasteiger partial charge in [0.25, 0.3) is 0 Å². The van der Waals surface area contributed by atoms with Crippen molar-refractivity contribution in [2.75, 3.05) is 0 Å². The van der Waals surface area contributed by atoms with Crippen molar-refractivity contribution < 1.29 is 9.32 Å². The zero-order valence-corrected chi connectivity index (χ0v) is 10.7. The second-order valence-corrected chi connectivity index (χ2v) is 4.94. The highest BCUT2D eigenvalue weighted by Gasteiger charge is 2.27. The summed E-state index contributed by atoms with van der Waals surface area (Å²) >= 11 is 3.47. The summed E-state index contributed by atoms with van der Waals surface area (Å²) < 4.78 is 6.27. The number of Topliss-reactive ketones (excluding diaryl/α,β-unsaturated/α-hetero) is 1. The summed E-state index contributed by atoms with van der Waals surface area (Å²) in [6.45, 7) is 0. The minimum Gasteiger partial charge on any atom is -0.355 e. The number of carbonyl (C=O) groups excluding carboxylic acids is 1. The Morgan fingerprint density at radius 2 is 2.06 bits per heavy atom. The summed E-state index contributed by atoms with van der Waals surface area (Å²) in [5.74, 6) is 0.732. The summed E-state index contributed by atoms with van der Waals surface area (Å²) in [5.41, 5.74) is 2.35. The van der Waals surface area contributed by atoms with E-state index in [0.717, 1.165) is 28.6 Å². The number of hydrogen-bond acceptors (Lipinski definition) is 3. The molecule has 0 saturated heterocycles. The van der Waals surface area contributed by atoms with E-state index in [1.165, 1.54) is 0 Å². The Kier molecular flexibility index (Phi) is 2.59. The Hall–Kier alpha value is -1.42. The second kappa shape index (κ2) is 4.11. The van der Waals surface area contributed by atoms with Crippen LogP contribution in [-0.4, -0.2) is 10.9 Å². The van der Waals surface area contributed by atoms with Gasteiger partial charge in [-0.15, -0.1) is 0 Å². The van der Waals surface area contributed by atoms with E-state index in [1.54, 1.807) is 0 Å². The van der Waals surface area contributed by atoms with E-state index in [1.807, 2.05) is 24.3 Å². The van der Waals surface area contributed by atoms with Gasteiger partial charge in [0.15, 0.2) is 11.5 Å². The number of benzene rings is 1. The highest BCUT2D eigenvalue weighted by Crippen LogP contribution is 2.35. The molecule has 0 unspecified atom stereocenters. The Labute approximate surface area is 107 Å². The maximum Gasteiger partial charge on any atom is 0.179 e. The van der Waals surface area contributed by atoms with Crippen LogP contribution in [0.25, 0.3) is 11.3 Å². The van der Waals surface area contributed by atoms with E-state index in [0.29, 0.717) is 17.7 Å².